The first kappa shape index (κ1) is 16.5. The summed E-state index contributed by atoms with van der Waals surface area (Å²) in [6.45, 7) is 3.03. The highest BCUT2D eigenvalue weighted by Gasteiger charge is 2.30. The van der Waals surface area contributed by atoms with Gasteiger partial charge in [0.25, 0.3) is 5.91 Å². The van der Waals surface area contributed by atoms with E-state index in [1.54, 1.807) is 35.2 Å². The van der Waals surface area contributed by atoms with E-state index in [-0.39, 0.29) is 11.8 Å². The van der Waals surface area contributed by atoms with Crippen molar-refractivity contribution < 1.29 is 14.7 Å². The summed E-state index contributed by atoms with van der Waals surface area (Å²) in [4.78, 5) is 25.8. The van der Waals surface area contributed by atoms with E-state index in [9.17, 15) is 14.7 Å². The summed E-state index contributed by atoms with van der Waals surface area (Å²) < 4.78 is 0. The summed E-state index contributed by atoms with van der Waals surface area (Å²) >= 11 is 6.01. The molecule has 0 saturated carbocycles. The second-order valence-corrected chi connectivity index (χ2v) is 6.50. The largest absolute Gasteiger partial charge is 0.478 e. The van der Waals surface area contributed by atoms with Gasteiger partial charge in [0, 0.05) is 29.6 Å². The summed E-state index contributed by atoms with van der Waals surface area (Å²) in [5.74, 6) is -0.913. The molecule has 1 atom stereocenters. The minimum atomic E-state index is -0.927. The van der Waals surface area contributed by atoms with Gasteiger partial charge in [-0.15, -0.1) is 0 Å². The minimum Gasteiger partial charge on any atom is -0.478 e. The molecule has 0 aromatic heterocycles. The molecule has 124 valence electrons. The molecule has 2 aromatic rings. The number of hydrogen-bond acceptors (Lipinski definition) is 2. The van der Waals surface area contributed by atoms with Crippen LogP contribution in [0.15, 0.2) is 42.5 Å². The molecule has 3 rings (SSSR count). The van der Waals surface area contributed by atoms with E-state index < -0.39 is 5.97 Å². The number of aromatic carboxylic acids is 1. The molecule has 0 unspecified atom stereocenters. The number of nitrogens with zero attached hydrogens (tertiary/aromatic N) is 1. The fourth-order valence-corrected chi connectivity index (χ4v) is 3.32. The van der Waals surface area contributed by atoms with Crippen LogP contribution in [0.4, 0.5) is 0 Å². The third-order valence-electron chi connectivity index (χ3n) is 4.51. The highest BCUT2D eigenvalue weighted by atomic mass is 35.5. The Morgan fingerprint density at radius 2 is 1.96 bits per heavy atom. The van der Waals surface area contributed by atoms with Gasteiger partial charge in [0.15, 0.2) is 0 Å². The summed E-state index contributed by atoms with van der Waals surface area (Å²) in [6.07, 6.45) is 0.766. The number of hydrogen-bond donors (Lipinski definition) is 1. The first-order chi connectivity index (χ1) is 11.5. The van der Waals surface area contributed by atoms with Crippen LogP contribution in [0, 0.1) is 6.92 Å². The smallest absolute Gasteiger partial charge is 0.335 e. The molecule has 1 amide bonds. The standard InChI is InChI=1S/C19H18ClNO3/c1-12-10-13(6-7-17(12)20)18(22)21-9-8-14(11-21)15-4-2-3-5-16(15)19(23)24/h2-7,10,14H,8-9,11H2,1H3,(H,23,24)/t14-/m1/s1. The van der Waals surface area contributed by atoms with E-state index in [0.29, 0.717) is 29.2 Å². The molecule has 4 nitrogen and oxygen atoms in total. The molecule has 0 radical (unpaired) electrons. The van der Waals surface area contributed by atoms with Gasteiger partial charge in [-0.1, -0.05) is 29.8 Å². The highest BCUT2D eigenvalue weighted by Crippen LogP contribution is 2.30. The van der Waals surface area contributed by atoms with E-state index in [1.165, 1.54) is 0 Å². The SMILES string of the molecule is Cc1cc(C(=O)N2CC[C@@H](c3ccccc3C(=O)O)C2)ccc1Cl. The van der Waals surface area contributed by atoms with Crippen LogP contribution in [-0.4, -0.2) is 35.0 Å². The molecule has 1 saturated heterocycles. The van der Waals surface area contributed by atoms with Crippen LogP contribution in [0.1, 0.15) is 44.2 Å². The number of carboxylic acid groups (broad SMARTS) is 1. The van der Waals surface area contributed by atoms with E-state index in [1.807, 2.05) is 19.1 Å². The van der Waals surface area contributed by atoms with Crippen molar-refractivity contribution >= 4 is 23.5 Å². The molecule has 24 heavy (non-hydrogen) atoms. The van der Waals surface area contributed by atoms with Gasteiger partial charge < -0.3 is 10.0 Å². The molecular formula is C19H18ClNO3. The molecule has 1 aliphatic rings. The Kier molecular flexibility index (Phi) is 4.58. The summed E-state index contributed by atoms with van der Waals surface area (Å²) in [7, 11) is 0. The molecule has 2 aromatic carbocycles. The number of amides is 1. The van der Waals surface area contributed by atoms with Crippen LogP contribution in [0.3, 0.4) is 0 Å². The maximum absolute atomic E-state index is 12.7. The Morgan fingerprint density at radius 3 is 2.67 bits per heavy atom. The zero-order valence-corrected chi connectivity index (χ0v) is 14.1. The maximum atomic E-state index is 12.7. The molecule has 0 aliphatic carbocycles. The Balaban J connectivity index is 1.79. The van der Waals surface area contributed by atoms with Crippen molar-refractivity contribution in [2.45, 2.75) is 19.3 Å². The highest BCUT2D eigenvalue weighted by molar-refractivity contribution is 6.31. The van der Waals surface area contributed by atoms with E-state index in [2.05, 4.69) is 0 Å². The van der Waals surface area contributed by atoms with Crippen molar-refractivity contribution in [3.63, 3.8) is 0 Å². The number of rotatable bonds is 3. The first-order valence-corrected chi connectivity index (χ1v) is 8.23. The number of carbonyl (C=O) groups is 2. The van der Waals surface area contributed by atoms with Crippen LogP contribution in [0.5, 0.6) is 0 Å². The number of aryl methyl sites for hydroxylation is 1. The average Bonchev–Trinajstić information content (AvgIpc) is 3.06. The molecule has 1 aliphatic heterocycles. The topological polar surface area (TPSA) is 57.6 Å². The van der Waals surface area contributed by atoms with E-state index in [0.717, 1.165) is 17.5 Å². The maximum Gasteiger partial charge on any atom is 0.335 e. The van der Waals surface area contributed by atoms with Crippen molar-refractivity contribution in [1.29, 1.82) is 0 Å². The predicted molar refractivity (Wildman–Crippen MR) is 92.9 cm³/mol. The van der Waals surface area contributed by atoms with Crippen LogP contribution in [-0.2, 0) is 0 Å². The Morgan fingerprint density at radius 1 is 1.21 bits per heavy atom. The lowest BCUT2D eigenvalue weighted by atomic mass is 9.93. The number of halogens is 1. The van der Waals surface area contributed by atoms with Crippen LogP contribution < -0.4 is 0 Å². The number of carbonyl (C=O) groups excluding carboxylic acids is 1. The van der Waals surface area contributed by atoms with Crippen molar-refractivity contribution in [3.8, 4) is 0 Å². The second kappa shape index (κ2) is 6.65. The zero-order chi connectivity index (χ0) is 17.3. The minimum absolute atomic E-state index is 0.0370. The summed E-state index contributed by atoms with van der Waals surface area (Å²) in [6, 6.07) is 12.3. The fraction of sp³-hybridized carbons (Fsp3) is 0.263. The summed E-state index contributed by atoms with van der Waals surface area (Å²) in [5, 5.41) is 9.98. The Labute approximate surface area is 145 Å². The first-order valence-electron chi connectivity index (χ1n) is 7.85. The lowest BCUT2D eigenvalue weighted by Gasteiger charge is -2.18. The molecule has 0 bridgehead atoms. The van der Waals surface area contributed by atoms with Crippen molar-refractivity contribution in [2.24, 2.45) is 0 Å². The fourth-order valence-electron chi connectivity index (χ4n) is 3.21. The van der Waals surface area contributed by atoms with Crippen molar-refractivity contribution in [1.82, 2.24) is 4.90 Å². The van der Waals surface area contributed by atoms with Gasteiger partial charge in [-0.05, 0) is 48.7 Å². The average molecular weight is 344 g/mol. The van der Waals surface area contributed by atoms with Gasteiger partial charge in [0.05, 0.1) is 5.56 Å². The monoisotopic (exact) mass is 343 g/mol. The van der Waals surface area contributed by atoms with Crippen LogP contribution in [0.25, 0.3) is 0 Å². The molecule has 1 heterocycles. The number of benzene rings is 2. The lowest BCUT2D eigenvalue weighted by Crippen LogP contribution is -2.28. The zero-order valence-electron chi connectivity index (χ0n) is 13.3. The van der Waals surface area contributed by atoms with Gasteiger partial charge in [0.2, 0.25) is 0 Å². The lowest BCUT2D eigenvalue weighted by molar-refractivity contribution is 0.0695. The van der Waals surface area contributed by atoms with Gasteiger partial charge in [-0.2, -0.15) is 0 Å². The third-order valence-corrected chi connectivity index (χ3v) is 4.94. The molecule has 0 spiro atoms. The van der Waals surface area contributed by atoms with E-state index in [4.69, 9.17) is 11.6 Å². The van der Waals surface area contributed by atoms with Gasteiger partial charge in [0.1, 0.15) is 0 Å². The van der Waals surface area contributed by atoms with Gasteiger partial charge in [-0.3, -0.25) is 4.79 Å². The van der Waals surface area contributed by atoms with Crippen LogP contribution >= 0.6 is 11.6 Å². The van der Waals surface area contributed by atoms with Crippen molar-refractivity contribution in [3.05, 3.63) is 69.7 Å². The normalized spacial score (nSPS) is 17.1. The molecule has 5 heteroatoms. The Bertz CT molecular complexity index is 803. The quantitative estimate of drug-likeness (QED) is 0.917. The van der Waals surface area contributed by atoms with Gasteiger partial charge in [-0.25, -0.2) is 4.79 Å². The molecule has 1 fully saturated rings. The van der Waals surface area contributed by atoms with Gasteiger partial charge >= 0.3 is 5.97 Å². The molecule has 1 N–H and O–H groups in total. The number of carboxylic acids is 1. The second-order valence-electron chi connectivity index (χ2n) is 6.09. The summed E-state index contributed by atoms with van der Waals surface area (Å²) in [5.41, 5.74) is 2.60. The van der Waals surface area contributed by atoms with Crippen LogP contribution in [0.2, 0.25) is 5.02 Å². The Hall–Kier alpha value is -2.33. The van der Waals surface area contributed by atoms with E-state index >= 15 is 0 Å². The van der Waals surface area contributed by atoms with Crippen molar-refractivity contribution in [2.75, 3.05) is 13.1 Å². The third kappa shape index (κ3) is 3.15. The number of likely N-dealkylation sites (tertiary alicyclic amines) is 1. The predicted octanol–water partition coefficient (Wildman–Crippen LogP) is 3.98. The molecular weight excluding hydrogens is 326 g/mol.